The number of hydrogen-bond acceptors (Lipinski definition) is 7. The lowest BCUT2D eigenvalue weighted by atomic mass is 10.1. The molecule has 0 aliphatic carbocycles. The van der Waals surface area contributed by atoms with Gasteiger partial charge in [-0.25, -0.2) is 0 Å². The molecule has 0 aliphatic heterocycles. The lowest BCUT2D eigenvalue weighted by molar-refractivity contribution is -0.121. The van der Waals surface area contributed by atoms with Crippen LogP contribution in [0.25, 0.3) is 11.4 Å². The number of ether oxygens (including phenoxy) is 3. The van der Waals surface area contributed by atoms with Gasteiger partial charge in [-0.3, -0.25) is 9.59 Å². The highest BCUT2D eigenvalue weighted by molar-refractivity contribution is 5.76. The van der Waals surface area contributed by atoms with Gasteiger partial charge in [0.25, 0.3) is 5.56 Å². The molecule has 1 aromatic heterocycles. The van der Waals surface area contributed by atoms with Gasteiger partial charge in [-0.1, -0.05) is 30.3 Å². The molecule has 34 heavy (non-hydrogen) atoms. The van der Waals surface area contributed by atoms with E-state index in [1.807, 2.05) is 44.2 Å². The van der Waals surface area contributed by atoms with Crippen LogP contribution in [0, 0.1) is 0 Å². The smallest absolute Gasteiger partial charge is 0.273 e. The molecule has 0 bridgehead atoms. The second-order valence-electron chi connectivity index (χ2n) is 7.56. The van der Waals surface area contributed by atoms with Crippen molar-refractivity contribution in [2.45, 2.75) is 32.7 Å². The van der Waals surface area contributed by atoms with Crippen molar-refractivity contribution in [3.05, 3.63) is 70.1 Å². The Kier molecular flexibility index (Phi) is 9.16. The number of amides is 1. The summed E-state index contributed by atoms with van der Waals surface area (Å²) in [6, 6.07) is 14.8. The van der Waals surface area contributed by atoms with Gasteiger partial charge in [0.15, 0.2) is 17.3 Å². The molecule has 3 aromatic rings. The standard InChI is InChI=1S/C25H30N4O5/c1-4-33-14-15-34-21-12-10-19(16-22(21)32-3)24-27-25(31)20(28-29-24)11-13-23(30)26-17(2)18-8-6-5-7-9-18/h5-10,12,16-17H,4,11,13-15H2,1-3H3,(H,26,30)(H,27,29,31)/t17-/m1/s1. The molecule has 0 saturated carbocycles. The predicted molar refractivity (Wildman–Crippen MR) is 128 cm³/mol. The van der Waals surface area contributed by atoms with E-state index in [4.69, 9.17) is 14.2 Å². The molecule has 0 unspecified atom stereocenters. The molecule has 0 aliphatic rings. The Morgan fingerprint density at radius 1 is 1.09 bits per heavy atom. The summed E-state index contributed by atoms with van der Waals surface area (Å²) in [5.74, 6) is 1.21. The van der Waals surface area contributed by atoms with E-state index in [-0.39, 0.29) is 36.0 Å². The minimum absolute atomic E-state index is 0.124. The highest BCUT2D eigenvalue weighted by Gasteiger charge is 2.14. The fourth-order valence-corrected chi connectivity index (χ4v) is 3.31. The Labute approximate surface area is 198 Å². The van der Waals surface area contributed by atoms with Crippen LogP contribution in [0.5, 0.6) is 11.5 Å². The zero-order valence-corrected chi connectivity index (χ0v) is 19.7. The first kappa shape index (κ1) is 24.9. The molecule has 9 heteroatoms. The van der Waals surface area contributed by atoms with Crippen molar-refractivity contribution in [3.63, 3.8) is 0 Å². The largest absolute Gasteiger partial charge is 0.493 e. The Morgan fingerprint density at radius 3 is 2.59 bits per heavy atom. The monoisotopic (exact) mass is 466 g/mol. The molecular formula is C25H30N4O5. The maximum absolute atomic E-state index is 12.5. The summed E-state index contributed by atoms with van der Waals surface area (Å²) in [5.41, 5.74) is 1.46. The molecule has 180 valence electrons. The van der Waals surface area contributed by atoms with Gasteiger partial charge in [0.1, 0.15) is 12.3 Å². The van der Waals surface area contributed by atoms with E-state index in [0.717, 1.165) is 5.56 Å². The van der Waals surface area contributed by atoms with Crippen molar-refractivity contribution in [1.29, 1.82) is 0 Å². The van der Waals surface area contributed by atoms with Crippen molar-refractivity contribution < 1.29 is 19.0 Å². The molecule has 1 atom stereocenters. The van der Waals surface area contributed by atoms with Gasteiger partial charge in [0.2, 0.25) is 5.91 Å². The number of carbonyl (C=O) groups is 1. The summed E-state index contributed by atoms with van der Waals surface area (Å²) < 4.78 is 16.3. The zero-order valence-electron chi connectivity index (χ0n) is 19.7. The SMILES string of the molecule is CCOCCOc1ccc(-c2nnc(CCC(=O)N[C@H](C)c3ccccc3)c(=O)[nH]2)cc1OC. The van der Waals surface area contributed by atoms with Crippen LogP contribution in [0.4, 0.5) is 0 Å². The van der Waals surface area contributed by atoms with Crippen molar-refractivity contribution in [1.82, 2.24) is 20.5 Å². The van der Waals surface area contributed by atoms with Crippen molar-refractivity contribution in [2.75, 3.05) is 26.9 Å². The predicted octanol–water partition coefficient (Wildman–Crippen LogP) is 3.07. The van der Waals surface area contributed by atoms with Crippen LogP contribution in [0.15, 0.2) is 53.3 Å². The Morgan fingerprint density at radius 2 is 1.88 bits per heavy atom. The van der Waals surface area contributed by atoms with E-state index in [1.165, 1.54) is 7.11 Å². The lowest BCUT2D eigenvalue weighted by Crippen LogP contribution is -2.28. The molecule has 0 spiro atoms. The van der Waals surface area contributed by atoms with Crippen molar-refractivity contribution >= 4 is 5.91 Å². The van der Waals surface area contributed by atoms with E-state index >= 15 is 0 Å². The molecule has 9 nitrogen and oxygen atoms in total. The maximum atomic E-state index is 12.5. The number of carbonyl (C=O) groups excluding carboxylic acids is 1. The normalized spacial score (nSPS) is 11.6. The molecule has 0 saturated heterocycles. The first-order chi connectivity index (χ1) is 16.5. The first-order valence-corrected chi connectivity index (χ1v) is 11.2. The zero-order chi connectivity index (χ0) is 24.3. The highest BCUT2D eigenvalue weighted by Crippen LogP contribution is 2.31. The molecule has 3 rings (SSSR count). The minimum Gasteiger partial charge on any atom is -0.493 e. The number of H-pyrrole nitrogens is 1. The first-order valence-electron chi connectivity index (χ1n) is 11.2. The van der Waals surface area contributed by atoms with E-state index in [9.17, 15) is 9.59 Å². The number of aromatic amines is 1. The Bertz CT molecular complexity index is 1130. The van der Waals surface area contributed by atoms with Gasteiger partial charge in [-0.05, 0) is 37.6 Å². The molecule has 1 amide bonds. The maximum Gasteiger partial charge on any atom is 0.273 e. The lowest BCUT2D eigenvalue weighted by Gasteiger charge is -2.14. The third-order valence-electron chi connectivity index (χ3n) is 5.16. The van der Waals surface area contributed by atoms with Crippen LogP contribution in [0.1, 0.15) is 37.6 Å². The van der Waals surface area contributed by atoms with Crippen molar-refractivity contribution in [3.8, 4) is 22.9 Å². The number of aryl methyl sites for hydroxylation is 1. The van der Waals surface area contributed by atoms with Crippen LogP contribution in [0.3, 0.4) is 0 Å². The van der Waals surface area contributed by atoms with Gasteiger partial charge in [-0.2, -0.15) is 0 Å². The Hall–Kier alpha value is -3.72. The van der Waals surface area contributed by atoms with Gasteiger partial charge < -0.3 is 24.5 Å². The number of methoxy groups -OCH3 is 1. The van der Waals surface area contributed by atoms with E-state index in [2.05, 4.69) is 20.5 Å². The molecule has 0 radical (unpaired) electrons. The third kappa shape index (κ3) is 6.89. The molecule has 2 aromatic carbocycles. The molecule has 0 fully saturated rings. The van der Waals surface area contributed by atoms with Gasteiger partial charge in [0, 0.05) is 25.0 Å². The minimum atomic E-state index is -0.384. The van der Waals surface area contributed by atoms with Crippen LogP contribution in [-0.2, 0) is 16.0 Å². The molecular weight excluding hydrogens is 436 g/mol. The summed E-state index contributed by atoms with van der Waals surface area (Å²) in [4.78, 5) is 27.6. The average Bonchev–Trinajstić information content (AvgIpc) is 2.86. The fourth-order valence-electron chi connectivity index (χ4n) is 3.31. The number of hydrogen-bond donors (Lipinski definition) is 2. The topological polar surface area (TPSA) is 115 Å². The van der Waals surface area contributed by atoms with Crippen LogP contribution < -0.4 is 20.3 Å². The van der Waals surface area contributed by atoms with Crippen LogP contribution >= 0.6 is 0 Å². The molecule has 2 N–H and O–H groups in total. The second-order valence-corrected chi connectivity index (χ2v) is 7.56. The number of nitrogens with one attached hydrogen (secondary N) is 2. The summed E-state index contributed by atoms with van der Waals surface area (Å²) in [6.45, 7) is 5.33. The van der Waals surface area contributed by atoms with Crippen molar-refractivity contribution in [2.24, 2.45) is 0 Å². The number of rotatable bonds is 12. The Balaban J connectivity index is 1.61. The summed E-state index contributed by atoms with van der Waals surface area (Å²) in [5, 5.41) is 11.1. The second kappa shape index (κ2) is 12.5. The number of benzene rings is 2. The third-order valence-corrected chi connectivity index (χ3v) is 5.16. The molecule has 1 heterocycles. The number of nitrogens with zero attached hydrogens (tertiary/aromatic N) is 2. The summed E-state index contributed by atoms with van der Waals surface area (Å²) in [6.07, 6.45) is 0.321. The van der Waals surface area contributed by atoms with Gasteiger partial charge in [-0.15, -0.1) is 10.2 Å². The van der Waals surface area contributed by atoms with Crippen LogP contribution in [-0.4, -0.2) is 48.0 Å². The average molecular weight is 467 g/mol. The van der Waals surface area contributed by atoms with Gasteiger partial charge in [0.05, 0.1) is 19.8 Å². The van der Waals surface area contributed by atoms with E-state index < -0.39 is 0 Å². The summed E-state index contributed by atoms with van der Waals surface area (Å²) >= 11 is 0. The summed E-state index contributed by atoms with van der Waals surface area (Å²) in [7, 11) is 1.54. The highest BCUT2D eigenvalue weighted by atomic mass is 16.5. The van der Waals surface area contributed by atoms with Crippen LogP contribution in [0.2, 0.25) is 0 Å². The fraction of sp³-hybridized carbons (Fsp3) is 0.360. The van der Waals surface area contributed by atoms with Gasteiger partial charge >= 0.3 is 0 Å². The quantitative estimate of drug-likeness (QED) is 0.394. The van der Waals surface area contributed by atoms with E-state index in [0.29, 0.717) is 42.7 Å². The number of aromatic nitrogens is 3. The van der Waals surface area contributed by atoms with E-state index in [1.54, 1.807) is 18.2 Å².